The first-order valence-electron chi connectivity index (χ1n) is 3.10. The molecule has 0 saturated carbocycles. The van der Waals surface area contributed by atoms with E-state index in [1.807, 2.05) is 26.2 Å². The van der Waals surface area contributed by atoms with Gasteiger partial charge in [0.25, 0.3) is 0 Å². The number of carbonyl (C=O) groups excluding carboxylic acids is 1. The van der Waals surface area contributed by atoms with Crippen molar-refractivity contribution in [1.29, 1.82) is 0 Å². The van der Waals surface area contributed by atoms with E-state index in [1.165, 1.54) is 7.11 Å². The van der Waals surface area contributed by atoms with Crippen molar-refractivity contribution in [3.63, 3.8) is 0 Å². The number of methoxy groups -OCH3 is 1. The lowest BCUT2D eigenvalue weighted by Crippen LogP contribution is -2.21. The number of nitrogens with zero attached hydrogens (tertiary/aromatic N) is 1. The Balaban J connectivity index is 3.57. The molecular weight excluding hydrogens is 130 g/mol. The highest BCUT2D eigenvalue weighted by Crippen LogP contribution is 1.84. The fourth-order valence-corrected chi connectivity index (χ4v) is 0.575. The van der Waals surface area contributed by atoms with Crippen molar-refractivity contribution in [2.24, 2.45) is 0 Å². The van der Waals surface area contributed by atoms with Crippen LogP contribution in [0, 0.1) is 0 Å². The molecule has 0 radical (unpaired) electrons. The van der Waals surface area contributed by atoms with E-state index >= 15 is 0 Å². The van der Waals surface area contributed by atoms with Crippen LogP contribution in [-0.4, -0.2) is 31.6 Å². The topological polar surface area (TPSA) is 29.5 Å². The third-order valence-electron chi connectivity index (χ3n) is 1.01. The van der Waals surface area contributed by atoms with Crippen LogP contribution in [0.4, 0.5) is 0 Å². The largest absolute Gasteiger partial charge is 0.468 e. The summed E-state index contributed by atoms with van der Waals surface area (Å²) in [7, 11) is 3.20. The first kappa shape index (κ1) is 9.01. The Hall–Kier alpha value is -0.990. The maximum Gasteiger partial charge on any atom is 0.325 e. The number of esters is 1. The van der Waals surface area contributed by atoms with Crippen LogP contribution >= 0.6 is 0 Å². The molecule has 0 rings (SSSR count). The number of rotatable bonds is 3. The van der Waals surface area contributed by atoms with Crippen LogP contribution in [-0.2, 0) is 9.53 Å². The second-order valence-corrected chi connectivity index (χ2v) is 1.97. The molecule has 0 aliphatic heterocycles. The molecule has 0 atom stereocenters. The molecular formula is C7H13NO2. The van der Waals surface area contributed by atoms with Gasteiger partial charge in [0.05, 0.1) is 7.11 Å². The van der Waals surface area contributed by atoms with Gasteiger partial charge in [-0.05, 0) is 13.1 Å². The molecule has 0 unspecified atom stereocenters. The lowest BCUT2D eigenvalue weighted by atomic mass is 10.5. The molecule has 0 saturated heterocycles. The fraction of sp³-hybridized carbons (Fsp3) is 0.571. The highest BCUT2D eigenvalue weighted by atomic mass is 16.5. The Kier molecular flexibility index (Phi) is 4.37. The van der Waals surface area contributed by atoms with Crippen LogP contribution in [0.2, 0.25) is 0 Å². The highest BCUT2D eigenvalue weighted by molar-refractivity contribution is 5.71. The SMILES string of the molecule is CC=CN(C)CC(=O)OC. The summed E-state index contributed by atoms with van der Waals surface area (Å²) >= 11 is 0. The van der Waals surface area contributed by atoms with Gasteiger partial charge in [0.1, 0.15) is 6.54 Å². The predicted octanol–water partition coefficient (Wildman–Crippen LogP) is 0.625. The average Bonchev–Trinajstić information content (AvgIpc) is 1.88. The molecule has 58 valence electrons. The minimum absolute atomic E-state index is 0.222. The number of hydrogen-bond donors (Lipinski definition) is 0. The van der Waals surface area contributed by atoms with Gasteiger partial charge in [-0.2, -0.15) is 0 Å². The van der Waals surface area contributed by atoms with Gasteiger partial charge in [-0.15, -0.1) is 0 Å². The van der Waals surface area contributed by atoms with Crippen molar-refractivity contribution < 1.29 is 9.53 Å². The van der Waals surface area contributed by atoms with Crippen molar-refractivity contribution in [3.8, 4) is 0 Å². The Bertz CT molecular complexity index is 132. The van der Waals surface area contributed by atoms with Gasteiger partial charge in [0.2, 0.25) is 0 Å². The number of allylic oxidation sites excluding steroid dienone is 1. The predicted molar refractivity (Wildman–Crippen MR) is 39.5 cm³/mol. The molecule has 10 heavy (non-hydrogen) atoms. The molecule has 0 aliphatic rings. The van der Waals surface area contributed by atoms with Crippen LogP contribution in [0.3, 0.4) is 0 Å². The summed E-state index contributed by atoms with van der Waals surface area (Å²) in [6.07, 6.45) is 3.68. The fourth-order valence-electron chi connectivity index (χ4n) is 0.575. The van der Waals surface area contributed by atoms with E-state index in [0.717, 1.165) is 0 Å². The number of hydrogen-bond acceptors (Lipinski definition) is 3. The van der Waals surface area contributed by atoms with E-state index in [0.29, 0.717) is 6.54 Å². The molecule has 3 heteroatoms. The van der Waals surface area contributed by atoms with Crippen molar-refractivity contribution in [3.05, 3.63) is 12.3 Å². The van der Waals surface area contributed by atoms with Gasteiger partial charge < -0.3 is 9.64 Å². The molecule has 0 aromatic carbocycles. The summed E-state index contributed by atoms with van der Waals surface area (Å²) in [6.45, 7) is 2.20. The quantitative estimate of drug-likeness (QED) is 0.542. The first-order valence-corrected chi connectivity index (χ1v) is 3.10. The Morgan fingerprint density at radius 3 is 2.70 bits per heavy atom. The Morgan fingerprint density at radius 1 is 1.70 bits per heavy atom. The van der Waals surface area contributed by atoms with E-state index in [4.69, 9.17) is 0 Å². The minimum atomic E-state index is -0.222. The van der Waals surface area contributed by atoms with Crippen LogP contribution < -0.4 is 0 Å². The molecule has 0 bridgehead atoms. The first-order chi connectivity index (χ1) is 4.70. The van der Waals surface area contributed by atoms with Crippen molar-refractivity contribution in [1.82, 2.24) is 4.90 Å². The van der Waals surface area contributed by atoms with E-state index < -0.39 is 0 Å². The number of ether oxygens (including phenoxy) is 1. The second kappa shape index (κ2) is 4.85. The third kappa shape index (κ3) is 3.95. The van der Waals surface area contributed by atoms with Crippen molar-refractivity contribution in [2.75, 3.05) is 20.7 Å². The summed E-state index contributed by atoms with van der Waals surface area (Å²) in [4.78, 5) is 12.4. The van der Waals surface area contributed by atoms with Gasteiger partial charge in [-0.1, -0.05) is 6.08 Å². The van der Waals surface area contributed by atoms with E-state index in [1.54, 1.807) is 4.90 Å². The molecule has 0 N–H and O–H groups in total. The summed E-state index contributed by atoms with van der Waals surface area (Å²) in [5, 5.41) is 0. The van der Waals surface area contributed by atoms with E-state index in [2.05, 4.69) is 4.74 Å². The van der Waals surface area contributed by atoms with Crippen molar-refractivity contribution >= 4 is 5.97 Å². The molecule has 0 aromatic heterocycles. The molecule has 3 nitrogen and oxygen atoms in total. The maximum absolute atomic E-state index is 10.6. The van der Waals surface area contributed by atoms with Crippen molar-refractivity contribution in [2.45, 2.75) is 6.92 Å². The van der Waals surface area contributed by atoms with Gasteiger partial charge in [-0.25, -0.2) is 0 Å². The summed E-state index contributed by atoms with van der Waals surface area (Å²) in [5.41, 5.74) is 0. The Morgan fingerprint density at radius 2 is 2.30 bits per heavy atom. The standard InChI is InChI=1S/C7H13NO2/c1-4-5-8(2)6-7(9)10-3/h4-5H,6H2,1-3H3. The monoisotopic (exact) mass is 143 g/mol. The van der Waals surface area contributed by atoms with E-state index in [-0.39, 0.29) is 5.97 Å². The summed E-state index contributed by atoms with van der Waals surface area (Å²) in [5.74, 6) is -0.222. The lowest BCUT2D eigenvalue weighted by molar-refractivity contribution is -0.140. The van der Waals surface area contributed by atoms with Crippen LogP contribution in [0.5, 0.6) is 0 Å². The molecule has 0 heterocycles. The number of likely N-dealkylation sites (N-methyl/N-ethyl adjacent to an activating group) is 1. The molecule has 0 fully saturated rings. The van der Waals surface area contributed by atoms with Crippen LogP contribution in [0.15, 0.2) is 12.3 Å². The molecule has 0 aromatic rings. The maximum atomic E-state index is 10.6. The number of carbonyl (C=O) groups is 1. The van der Waals surface area contributed by atoms with Gasteiger partial charge >= 0.3 is 5.97 Å². The molecule has 0 amide bonds. The Labute approximate surface area is 61.3 Å². The van der Waals surface area contributed by atoms with Gasteiger partial charge in [-0.3, -0.25) is 4.79 Å². The third-order valence-corrected chi connectivity index (χ3v) is 1.01. The van der Waals surface area contributed by atoms with Crippen LogP contribution in [0.1, 0.15) is 6.92 Å². The zero-order valence-electron chi connectivity index (χ0n) is 6.63. The van der Waals surface area contributed by atoms with Crippen LogP contribution in [0.25, 0.3) is 0 Å². The molecule has 0 aliphatic carbocycles. The highest BCUT2D eigenvalue weighted by Gasteiger charge is 1.99. The van der Waals surface area contributed by atoms with E-state index in [9.17, 15) is 4.79 Å². The smallest absolute Gasteiger partial charge is 0.325 e. The summed E-state index contributed by atoms with van der Waals surface area (Å²) < 4.78 is 4.45. The van der Waals surface area contributed by atoms with Gasteiger partial charge in [0, 0.05) is 7.05 Å². The zero-order chi connectivity index (χ0) is 7.98. The normalized spacial score (nSPS) is 9.90. The molecule has 0 spiro atoms. The summed E-state index contributed by atoms with van der Waals surface area (Å²) in [6, 6.07) is 0. The zero-order valence-corrected chi connectivity index (χ0v) is 6.63. The lowest BCUT2D eigenvalue weighted by Gasteiger charge is -2.10. The minimum Gasteiger partial charge on any atom is -0.468 e. The average molecular weight is 143 g/mol. The van der Waals surface area contributed by atoms with Gasteiger partial charge in [0.15, 0.2) is 0 Å². The second-order valence-electron chi connectivity index (χ2n) is 1.97.